The highest BCUT2D eigenvalue weighted by Gasteiger charge is 2.36. The first-order chi connectivity index (χ1) is 8.12. The first-order valence-electron chi connectivity index (χ1n) is 6.73. The van der Waals surface area contributed by atoms with Gasteiger partial charge in [-0.05, 0) is 44.1 Å². The van der Waals surface area contributed by atoms with Crippen LogP contribution in [0.5, 0.6) is 0 Å². The van der Waals surface area contributed by atoms with E-state index in [0.29, 0.717) is 24.9 Å². The Morgan fingerprint density at radius 2 is 1.72 bits per heavy atom. The lowest BCUT2D eigenvalue weighted by molar-refractivity contribution is -0.0241. The molecule has 0 atom stereocenters. The van der Waals surface area contributed by atoms with Gasteiger partial charge in [0.2, 0.25) is 0 Å². The van der Waals surface area contributed by atoms with Gasteiger partial charge in [0.1, 0.15) is 9.84 Å². The van der Waals surface area contributed by atoms with Crippen molar-refractivity contribution in [1.29, 1.82) is 0 Å². The zero-order valence-corrected chi connectivity index (χ0v) is 12.6. The molecule has 1 rings (SSSR count). The molecule has 1 aliphatic carbocycles. The highest BCUT2D eigenvalue weighted by atomic mass is 32.2. The van der Waals surface area contributed by atoms with Crippen LogP contribution in [0.1, 0.15) is 46.0 Å². The number of hydrogen-bond acceptors (Lipinski definition) is 4. The van der Waals surface area contributed by atoms with Gasteiger partial charge in [-0.25, -0.2) is 8.42 Å². The lowest BCUT2D eigenvalue weighted by Gasteiger charge is -2.40. The molecule has 1 saturated carbocycles. The number of nitrogens with one attached hydrogen (secondary N) is 1. The average molecular weight is 277 g/mol. The van der Waals surface area contributed by atoms with E-state index < -0.39 is 15.4 Å². The Morgan fingerprint density at radius 1 is 1.17 bits per heavy atom. The fraction of sp³-hybridized carbons (Fsp3) is 1.00. The fourth-order valence-electron chi connectivity index (χ4n) is 2.35. The smallest absolute Gasteiger partial charge is 0.147 e. The maximum Gasteiger partial charge on any atom is 0.147 e. The van der Waals surface area contributed by atoms with E-state index in [4.69, 9.17) is 0 Å². The average Bonchev–Trinajstić information content (AvgIpc) is 2.21. The predicted octanol–water partition coefficient (Wildman–Crippen LogP) is 1.34. The maximum absolute atomic E-state index is 11.0. The van der Waals surface area contributed by atoms with E-state index in [9.17, 15) is 13.5 Å². The molecule has 1 fully saturated rings. The van der Waals surface area contributed by atoms with E-state index in [1.54, 1.807) is 0 Å². The highest BCUT2D eigenvalue weighted by molar-refractivity contribution is 7.90. The van der Waals surface area contributed by atoms with Crippen LogP contribution in [0, 0.1) is 5.41 Å². The maximum atomic E-state index is 11.0. The third-order valence-electron chi connectivity index (χ3n) is 3.86. The molecule has 0 amide bonds. The van der Waals surface area contributed by atoms with Gasteiger partial charge >= 0.3 is 0 Å². The van der Waals surface area contributed by atoms with Gasteiger partial charge in [0, 0.05) is 12.8 Å². The fourth-order valence-corrected chi connectivity index (χ4v) is 3.02. The molecule has 1 aliphatic rings. The van der Waals surface area contributed by atoms with E-state index in [0.717, 1.165) is 25.7 Å². The SMILES string of the molecule is CC1(C)CCC(O)(CNCCCS(C)(=O)=O)CC1. The molecule has 0 saturated heterocycles. The van der Waals surface area contributed by atoms with Crippen molar-refractivity contribution >= 4 is 9.84 Å². The molecule has 0 spiro atoms. The molecule has 0 unspecified atom stereocenters. The van der Waals surface area contributed by atoms with Crippen LogP contribution in [-0.2, 0) is 9.84 Å². The number of aliphatic hydroxyl groups is 1. The first-order valence-corrected chi connectivity index (χ1v) is 8.79. The second-order valence-corrected chi connectivity index (χ2v) is 8.81. The molecule has 0 aliphatic heterocycles. The second kappa shape index (κ2) is 5.88. The van der Waals surface area contributed by atoms with Crippen LogP contribution >= 0.6 is 0 Å². The summed E-state index contributed by atoms with van der Waals surface area (Å²) in [6.07, 6.45) is 5.63. The minimum atomic E-state index is -2.86. The van der Waals surface area contributed by atoms with Crippen LogP contribution in [0.2, 0.25) is 0 Å². The van der Waals surface area contributed by atoms with Crippen molar-refractivity contribution in [1.82, 2.24) is 5.32 Å². The van der Waals surface area contributed by atoms with Crippen molar-refractivity contribution in [3.63, 3.8) is 0 Å². The predicted molar refractivity (Wildman–Crippen MR) is 74.4 cm³/mol. The molecule has 0 radical (unpaired) electrons. The van der Waals surface area contributed by atoms with E-state index in [-0.39, 0.29) is 5.75 Å². The van der Waals surface area contributed by atoms with Gasteiger partial charge in [-0.2, -0.15) is 0 Å². The highest BCUT2D eigenvalue weighted by Crippen LogP contribution is 2.39. The van der Waals surface area contributed by atoms with Gasteiger partial charge in [0.15, 0.2) is 0 Å². The molecule has 0 heterocycles. The Balaban J connectivity index is 2.19. The summed E-state index contributed by atoms with van der Waals surface area (Å²) in [4.78, 5) is 0. The van der Waals surface area contributed by atoms with Gasteiger partial charge in [0.25, 0.3) is 0 Å². The molecule has 0 bridgehead atoms. The monoisotopic (exact) mass is 277 g/mol. The Hall–Kier alpha value is -0.130. The van der Waals surface area contributed by atoms with E-state index >= 15 is 0 Å². The molecular formula is C13H27NO3S. The van der Waals surface area contributed by atoms with Crippen molar-refractivity contribution in [2.45, 2.75) is 51.6 Å². The van der Waals surface area contributed by atoms with Crippen LogP contribution in [0.3, 0.4) is 0 Å². The molecular weight excluding hydrogens is 250 g/mol. The largest absolute Gasteiger partial charge is 0.389 e. The zero-order chi connectivity index (χ0) is 13.9. The Labute approximate surface area is 111 Å². The van der Waals surface area contributed by atoms with Gasteiger partial charge in [-0.15, -0.1) is 0 Å². The topological polar surface area (TPSA) is 66.4 Å². The molecule has 18 heavy (non-hydrogen) atoms. The Kier molecular flexibility index (Phi) is 5.21. The summed E-state index contributed by atoms with van der Waals surface area (Å²) in [6, 6.07) is 0. The molecule has 0 aromatic rings. The van der Waals surface area contributed by atoms with E-state index in [2.05, 4.69) is 19.2 Å². The summed E-state index contributed by atoms with van der Waals surface area (Å²) >= 11 is 0. The van der Waals surface area contributed by atoms with Crippen molar-refractivity contribution < 1.29 is 13.5 Å². The molecule has 108 valence electrons. The number of rotatable bonds is 6. The van der Waals surface area contributed by atoms with Gasteiger partial charge < -0.3 is 10.4 Å². The zero-order valence-electron chi connectivity index (χ0n) is 11.8. The number of hydrogen-bond donors (Lipinski definition) is 2. The normalized spacial score (nSPS) is 22.9. The van der Waals surface area contributed by atoms with Crippen molar-refractivity contribution in [2.24, 2.45) is 5.41 Å². The van der Waals surface area contributed by atoms with Crippen LogP contribution in [-0.4, -0.2) is 44.2 Å². The molecule has 0 aromatic heterocycles. The molecule has 5 heteroatoms. The van der Waals surface area contributed by atoms with Crippen molar-refractivity contribution in [3.8, 4) is 0 Å². The van der Waals surface area contributed by atoms with E-state index in [1.807, 2.05) is 0 Å². The summed E-state index contributed by atoms with van der Waals surface area (Å²) in [5, 5.41) is 13.6. The molecule has 4 nitrogen and oxygen atoms in total. The van der Waals surface area contributed by atoms with Crippen LogP contribution in [0.15, 0.2) is 0 Å². The molecule has 0 aromatic carbocycles. The first kappa shape index (κ1) is 15.9. The lowest BCUT2D eigenvalue weighted by Crippen LogP contribution is -2.45. The van der Waals surface area contributed by atoms with Crippen molar-refractivity contribution in [3.05, 3.63) is 0 Å². The Bertz CT molecular complexity index is 352. The summed E-state index contributed by atoms with van der Waals surface area (Å²) in [5.41, 5.74) is -0.247. The quantitative estimate of drug-likeness (QED) is 0.719. The van der Waals surface area contributed by atoms with E-state index in [1.165, 1.54) is 6.26 Å². The van der Waals surface area contributed by atoms with Gasteiger partial charge in [-0.3, -0.25) is 0 Å². The Morgan fingerprint density at radius 3 is 2.22 bits per heavy atom. The van der Waals surface area contributed by atoms with Crippen molar-refractivity contribution in [2.75, 3.05) is 25.1 Å². The summed E-state index contributed by atoms with van der Waals surface area (Å²) in [5.74, 6) is 0.214. The minimum absolute atomic E-state index is 0.214. The van der Waals surface area contributed by atoms with Crippen LogP contribution < -0.4 is 5.32 Å². The minimum Gasteiger partial charge on any atom is -0.389 e. The third kappa shape index (κ3) is 6.16. The third-order valence-corrected chi connectivity index (χ3v) is 4.89. The summed E-state index contributed by atoms with van der Waals surface area (Å²) in [7, 11) is -2.86. The van der Waals surface area contributed by atoms with Gasteiger partial charge in [0.05, 0.1) is 11.4 Å². The standard InChI is InChI=1S/C13H27NO3S/c1-12(2)5-7-13(15,8-6-12)11-14-9-4-10-18(3,16)17/h14-15H,4-11H2,1-3H3. The van der Waals surface area contributed by atoms with Crippen LogP contribution in [0.25, 0.3) is 0 Å². The number of sulfone groups is 1. The lowest BCUT2D eigenvalue weighted by atomic mass is 9.71. The summed E-state index contributed by atoms with van der Waals surface area (Å²) in [6.45, 7) is 5.71. The van der Waals surface area contributed by atoms with Crippen LogP contribution in [0.4, 0.5) is 0 Å². The summed E-state index contributed by atoms with van der Waals surface area (Å²) < 4.78 is 21.9. The van der Waals surface area contributed by atoms with Gasteiger partial charge in [-0.1, -0.05) is 13.8 Å². The second-order valence-electron chi connectivity index (χ2n) is 6.55. The molecule has 2 N–H and O–H groups in total.